The molecule has 0 aliphatic heterocycles. The average molecular weight is 256 g/mol. The number of aliphatic hydroxyl groups is 1. The highest BCUT2D eigenvalue weighted by molar-refractivity contribution is 4.72. The average Bonchev–Trinajstić information content (AvgIpc) is 2.86. The Morgan fingerprint density at radius 1 is 1.22 bits per heavy atom. The van der Waals surface area contributed by atoms with Gasteiger partial charge in [0.25, 0.3) is 0 Å². The van der Waals surface area contributed by atoms with Crippen LogP contribution in [0.1, 0.15) is 52.4 Å². The summed E-state index contributed by atoms with van der Waals surface area (Å²) in [5.74, 6) is 0.789. The van der Waals surface area contributed by atoms with E-state index in [1.54, 1.807) is 0 Å². The fourth-order valence-corrected chi connectivity index (χ4v) is 2.95. The maximum absolute atomic E-state index is 9.94. The molecule has 3 heteroatoms. The van der Waals surface area contributed by atoms with Gasteiger partial charge in [-0.2, -0.15) is 0 Å². The van der Waals surface area contributed by atoms with Crippen molar-refractivity contribution in [2.45, 2.75) is 58.5 Å². The van der Waals surface area contributed by atoms with Crippen LogP contribution in [0.4, 0.5) is 0 Å². The Morgan fingerprint density at radius 2 is 1.89 bits per heavy atom. The van der Waals surface area contributed by atoms with E-state index >= 15 is 0 Å². The van der Waals surface area contributed by atoms with Gasteiger partial charge in [0.15, 0.2) is 0 Å². The molecule has 0 heterocycles. The standard InChI is InChI=1S/C15H32N2O/c1-3-17(4-2)11-7-10-16-13-15(18)12-14-8-5-6-9-14/h14-16,18H,3-13H2,1-2H3. The number of aliphatic hydroxyl groups excluding tert-OH is 1. The first kappa shape index (κ1) is 15.9. The lowest BCUT2D eigenvalue weighted by Gasteiger charge is -2.19. The summed E-state index contributed by atoms with van der Waals surface area (Å²) in [5, 5.41) is 13.3. The summed E-state index contributed by atoms with van der Waals surface area (Å²) in [6, 6.07) is 0. The van der Waals surface area contributed by atoms with Crippen molar-refractivity contribution in [3.63, 3.8) is 0 Å². The molecule has 3 nitrogen and oxygen atoms in total. The van der Waals surface area contributed by atoms with Gasteiger partial charge < -0.3 is 15.3 Å². The summed E-state index contributed by atoms with van der Waals surface area (Å²) in [6.45, 7) is 9.66. The van der Waals surface area contributed by atoms with Crippen LogP contribution >= 0.6 is 0 Å². The number of nitrogens with zero attached hydrogens (tertiary/aromatic N) is 1. The summed E-state index contributed by atoms with van der Waals surface area (Å²) in [5.41, 5.74) is 0. The molecule has 0 aromatic heterocycles. The Morgan fingerprint density at radius 3 is 2.50 bits per heavy atom. The molecule has 0 spiro atoms. The Balaban J connectivity index is 1.93. The Bertz CT molecular complexity index is 189. The second kappa shape index (κ2) is 9.76. The SMILES string of the molecule is CCN(CC)CCCNCC(O)CC1CCCC1. The lowest BCUT2D eigenvalue weighted by molar-refractivity contribution is 0.140. The monoisotopic (exact) mass is 256 g/mol. The van der Waals surface area contributed by atoms with Crippen LogP contribution in [0, 0.1) is 5.92 Å². The molecule has 18 heavy (non-hydrogen) atoms. The summed E-state index contributed by atoms with van der Waals surface area (Å²) in [7, 11) is 0. The molecule has 0 aromatic carbocycles. The van der Waals surface area contributed by atoms with Crippen molar-refractivity contribution in [1.82, 2.24) is 10.2 Å². The zero-order chi connectivity index (χ0) is 13.2. The number of hydrogen-bond donors (Lipinski definition) is 2. The maximum Gasteiger partial charge on any atom is 0.0667 e. The van der Waals surface area contributed by atoms with Gasteiger partial charge in [0.05, 0.1) is 6.10 Å². The molecule has 0 aromatic rings. The van der Waals surface area contributed by atoms with Crippen LogP contribution in [0.3, 0.4) is 0 Å². The normalized spacial score (nSPS) is 18.7. The first-order valence-corrected chi connectivity index (χ1v) is 7.87. The van der Waals surface area contributed by atoms with Gasteiger partial charge in [0.1, 0.15) is 0 Å². The van der Waals surface area contributed by atoms with Gasteiger partial charge >= 0.3 is 0 Å². The van der Waals surface area contributed by atoms with Crippen LogP contribution in [0.2, 0.25) is 0 Å². The van der Waals surface area contributed by atoms with Crippen molar-refractivity contribution >= 4 is 0 Å². The molecule has 1 fully saturated rings. The van der Waals surface area contributed by atoms with E-state index in [-0.39, 0.29) is 6.10 Å². The molecule has 1 unspecified atom stereocenters. The van der Waals surface area contributed by atoms with E-state index in [0.717, 1.165) is 38.5 Å². The van der Waals surface area contributed by atoms with E-state index < -0.39 is 0 Å². The smallest absolute Gasteiger partial charge is 0.0667 e. The van der Waals surface area contributed by atoms with Crippen molar-refractivity contribution in [2.75, 3.05) is 32.7 Å². The number of nitrogens with one attached hydrogen (secondary N) is 1. The first-order valence-electron chi connectivity index (χ1n) is 7.87. The highest BCUT2D eigenvalue weighted by Gasteiger charge is 2.18. The Kier molecular flexibility index (Phi) is 8.64. The van der Waals surface area contributed by atoms with Crippen molar-refractivity contribution < 1.29 is 5.11 Å². The van der Waals surface area contributed by atoms with Crippen LogP contribution in [0.15, 0.2) is 0 Å². The van der Waals surface area contributed by atoms with E-state index in [1.807, 2.05) is 0 Å². The fraction of sp³-hybridized carbons (Fsp3) is 1.00. The predicted octanol–water partition coefficient (Wildman–Crippen LogP) is 2.25. The van der Waals surface area contributed by atoms with Crippen molar-refractivity contribution in [1.29, 1.82) is 0 Å². The van der Waals surface area contributed by atoms with Gasteiger partial charge in [-0.15, -0.1) is 0 Å². The molecule has 1 aliphatic rings. The quantitative estimate of drug-likeness (QED) is 0.589. The molecule has 1 atom stereocenters. The van der Waals surface area contributed by atoms with E-state index in [2.05, 4.69) is 24.1 Å². The zero-order valence-corrected chi connectivity index (χ0v) is 12.3. The third-order valence-electron chi connectivity index (χ3n) is 4.18. The van der Waals surface area contributed by atoms with Crippen LogP contribution in [0.25, 0.3) is 0 Å². The lowest BCUT2D eigenvalue weighted by atomic mass is 10.0. The predicted molar refractivity (Wildman–Crippen MR) is 77.9 cm³/mol. The third-order valence-corrected chi connectivity index (χ3v) is 4.18. The van der Waals surface area contributed by atoms with Gasteiger partial charge in [-0.1, -0.05) is 39.5 Å². The largest absolute Gasteiger partial charge is 0.392 e. The summed E-state index contributed by atoms with van der Waals surface area (Å²) in [6.07, 6.45) is 7.45. The fourth-order valence-electron chi connectivity index (χ4n) is 2.95. The van der Waals surface area contributed by atoms with Crippen LogP contribution in [0.5, 0.6) is 0 Å². The first-order chi connectivity index (χ1) is 8.76. The molecular weight excluding hydrogens is 224 g/mol. The molecule has 2 N–H and O–H groups in total. The summed E-state index contributed by atoms with van der Waals surface area (Å²) < 4.78 is 0. The molecular formula is C15H32N2O. The molecule has 0 amide bonds. The van der Waals surface area contributed by atoms with Crippen molar-refractivity contribution in [2.24, 2.45) is 5.92 Å². The molecule has 1 saturated carbocycles. The van der Waals surface area contributed by atoms with Gasteiger partial charge in [0, 0.05) is 6.54 Å². The third kappa shape index (κ3) is 6.72. The molecule has 1 aliphatic carbocycles. The summed E-state index contributed by atoms with van der Waals surface area (Å²) >= 11 is 0. The Labute approximate surface area is 113 Å². The molecule has 108 valence electrons. The second-order valence-electron chi connectivity index (χ2n) is 5.62. The maximum atomic E-state index is 9.94. The molecule has 0 radical (unpaired) electrons. The van der Waals surface area contributed by atoms with Gasteiger partial charge in [0.2, 0.25) is 0 Å². The van der Waals surface area contributed by atoms with Gasteiger partial charge in [-0.3, -0.25) is 0 Å². The Hall–Kier alpha value is -0.120. The lowest BCUT2D eigenvalue weighted by Crippen LogP contribution is -2.31. The zero-order valence-electron chi connectivity index (χ0n) is 12.3. The molecule has 0 saturated heterocycles. The van der Waals surface area contributed by atoms with Crippen LogP contribution in [-0.4, -0.2) is 48.8 Å². The highest BCUT2D eigenvalue weighted by Crippen LogP contribution is 2.28. The van der Waals surface area contributed by atoms with E-state index in [9.17, 15) is 5.11 Å². The molecule has 0 bridgehead atoms. The number of rotatable bonds is 10. The summed E-state index contributed by atoms with van der Waals surface area (Å²) in [4.78, 5) is 2.44. The topological polar surface area (TPSA) is 35.5 Å². The van der Waals surface area contributed by atoms with Crippen molar-refractivity contribution in [3.05, 3.63) is 0 Å². The number of hydrogen-bond acceptors (Lipinski definition) is 3. The van der Waals surface area contributed by atoms with E-state index in [0.29, 0.717) is 0 Å². The van der Waals surface area contributed by atoms with E-state index in [4.69, 9.17) is 0 Å². The minimum absolute atomic E-state index is 0.137. The highest BCUT2D eigenvalue weighted by atomic mass is 16.3. The van der Waals surface area contributed by atoms with Gasteiger partial charge in [-0.05, 0) is 44.9 Å². The molecule has 1 rings (SSSR count). The van der Waals surface area contributed by atoms with E-state index in [1.165, 1.54) is 38.6 Å². The van der Waals surface area contributed by atoms with Crippen LogP contribution < -0.4 is 5.32 Å². The van der Waals surface area contributed by atoms with Crippen molar-refractivity contribution in [3.8, 4) is 0 Å². The van der Waals surface area contributed by atoms with Crippen LogP contribution in [-0.2, 0) is 0 Å². The van der Waals surface area contributed by atoms with Gasteiger partial charge in [-0.25, -0.2) is 0 Å². The minimum atomic E-state index is -0.137. The second-order valence-corrected chi connectivity index (χ2v) is 5.62. The minimum Gasteiger partial charge on any atom is -0.392 e.